The summed E-state index contributed by atoms with van der Waals surface area (Å²) in [6.07, 6.45) is 6.71. The summed E-state index contributed by atoms with van der Waals surface area (Å²) in [5.41, 5.74) is 3.43. The fourth-order valence-corrected chi connectivity index (χ4v) is 3.71. The Hall–Kier alpha value is -2.14. The molecule has 1 aliphatic heterocycles. The van der Waals surface area contributed by atoms with Crippen LogP contribution < -0.4 is 5.32 Å². The van der Waals surface area contributed by atoms with Crippen molar-refractivity contribution < 1.29 is 4.79 Å². The molecule has 0 bridgehead atoms. The third kappa shape index (κ3) is 5.93. The summed E-state index contributed by atoms with van der Waals surface area (Å²) in [7, 11) is 0. The van der Waals surface area contributed by atoms with Gasteiger partial charge in [0.15, 0.2) is 5.82 Å². The van der Waals surface area contributed by atoms with Gasteiger partial charge in [-0.15, -0.1) is 0 Å². The molecule has 5 nitrogen and oxygen atoms in total. The van der Waals surface area contributed by atoms with Gasteiger partial charge in [0.25, 0.3) is 0 Å². The highest BCUT2D eigenvalue weighted by Crippen LogP contribution is 2.26. The van der Waals surface area contributed by atoms with Crippen molar-refractivity contribution in [1.82, 2.24) is 15.1 Å². The summed E-state index contributed by atoms with van der Waals surface area (Å²) < 4.78 is 0. The van der Waals surface area contributed by atoms with Crippen molar-refractivity contribution in [3.8, 4) is 11.3 Å². The van der Waals surface area contributed by atoms with Gasteiger partial charge < -0.3 is 10.2 Å². The highest BCUT2D eigenvalue weighted by Gasteiger charge is 2.14. The normalized spacial score (nSPS) is 16.0. The molecular weight excluding hydrogens is 348 g/mol. The molecule has 1 amide bonds. The molecule has 152 valence electrons. The minimum atomic E-state index is 0.0379. The molecule has 1 aromatic carbocycles. The van der Waals surface area contributed by atoms with Crippen molar-refractivity contribution in [2.75, 3.05) is 25.0 Å². The predicted molar refractivity (Wildman–Crippen MR) is 115 cm³/mol. The second kappa shape index (κ2) is 9.37. The molecule has 1 aromatic heterocycles. The van der Waals surface area contributed by atoms with Crippen molar-refractivity contribution >= 4 is 11.7 Å². The highest BCUT2D eigenvalue weighted by atomic mass is 16.1. The fraction of sp³-hybridized carbons (Fsp3) is 0.565. The summed E-state index contributed by atoms with van der Waals surface area (Å²) in [6.45, 7) is 9.99. The number of anilines is 1. The summed E-state index contributed by atoms with van der Waals surface area (Å²) in [4.78, 5) is 14.7. The first-order valence-electron chi connectivity index (χ1n) is 10.6. The number of carbonyl (C=O) groups is 1. The largest absolute Gasteiger partial charge is 0.309 e. The number of carbonyl (C=O) groups excluding carboxylic acids is 1. The molecule has 1 aliphatic rings. The van der Waals surface area contributed by atoms with E-state index in [1.807, 2.05) is 6.07 Å². The number of H-pyrrole nitrogens is 1. The third-order valence-electron chi connectivity index (χ3n) is 5.48. The maximum atomic E-state index is 12.2. The molecule has 1 fully saturated rings. The molecule has 28 heavy (non-hydrogen) atoms. The van der Waals surface area contributed by atoms with Gasteiger partial charge in [-0.1, -0.05) is 57.9 Å². The maximum absolute atomic E-state index is 12.2. The van der Waals surface area contributed by atoms with E-state index in [1.54, 1.807) is 0 Å². The Labute approximate surface area is 168 Å². The number of hydrogen-bond acceptors (Lipinski definition) is 3. The number of likely N-dealkylation sites (tertiary alicyclic amines) is 1. The third-order valence-corrected chi connectivity index (χ3v) is 5.48. The van der Waals surface area contributed by atoms with Gasteiger partial charge in [-0.05, 0) is 55.4 Å². The Kier molecular flexibility index (Phi) is 6.89. The van der Waals surface area contributed by atoms with Crippen LogP contribution in [0.4, 0.5) is 5.82 Å². The van der Waals surface area contributed by atoms with Crippen molar-refractivity contribution in [2.24, 2.45) is 0 Å². The standard InChI is InChI=1S/C23H34N4O/c1-23(2,3)19-12-10-18(11-13-19)20-17-21(26-25-20)24-22(28)9-8-16-27-14-6-4-5-7-15-27/h10-13,17H,4-9,14-16H2,1-3H3,(H2,24,25,26,28). The molecule has 0 saturated carbocycles. The van der Waals surface area contributed by atoms with E-state index in [-0.39, 0.29) is 11.3 Å². The van der Waals surface area contributed by atoms with Crippen molar-refractivity contribution in [3.05, 3.63) is 35.9 Å². The quantitative estimate of drug-likeness (QED) is 0.741. The van der Waals surface area contributed by atoms with E-state index in [2.05, 4.69) is 65.5 Å². The van der Waals surface area contributed by atoms with E-state index < -0.39 is 0 Å². The van der Waals surface area contributed by atoms with Gasteiger partial charge >= 0.3 is 0 Å². The molecule has 0 atom stereocenters. The predicted octanol–water partition coefficient (Wildman–Crippen LogP) is 4.97. The van der Waals surface area contributed by atoms with Crippen LogP contribution in [-0.2, 0) is 10.2 Å². The Morgan fingerprint density at radius 3 is 2.43 bits per heavy atom. The van der Waals surface area contributed by atoms with Crippen LogP contribution in [0, 0.1) is 0 Å². The lowest BCUT2D eigenvalue weighted by atomic mass is 9.86. The zero-order chi connectivity index (χ0) is 20.0. The molecule has 0 unspecified atom stereocenters. The summed E-state index contributed by atoms with van der Waals surface area (Å²) >= 11 is 0. The average molecular weight is 383 g/mol. The van der Waals surface area contributed by atoms with E-state index >= 15 is 0 Å². The number of amides is 1. The van der Waals surface area contributed by atoms with E-state index in [9.17, 15) is 4.79 Å². The van der Waals surface area contributed by atoms with Crippen LogP contribution in [0.2, 0.25) is 0 Å². The van der Waals surface area contributed by atoms with Crippen LogP contribution in [0.5, 0.6) is 0 Å². The first kappa shape index (κ1) is 20.6. The van der Waals surface area contributed by atoms with Crippen LogP contribution in [-0.4, -0.2) is 40.6 Å². The Morgan fingerprint density at radius 2 is 1.79 bits per heavy atom. The zero-order valence-corrected chi connectivity index (χ0v) is 17.6. The topological polar surface area (TPSA) is 61.0 Å². The molecule has 2 N–H and O–H groups in total. The first-order valence-corrected chi connectivity index (χ1v) is 10.6. The van der Waals surface area contributed by atoms with Crippen LogP contribution in [0.15, 0.2) is 30.3 Å². The number of benzene rings is 1. The molecule has 0 spiro atoms. The van der Waals surface area contributed by atoms with Crippen molar-refractivity contribution in [2.45, 2.75) is 64.7 Å². The van der Waals surface area contributed by atoms with Crippen LogP contribution in [0.1, 0.15) is 64.9 Å². The summed E-state index contributed by atoms with van der Waals surface area (Å²) in [5, 5.41) is 10.2. The number of aromatic amines is 1. The van der Waals surface area contributed by atoms with Gasteiger partial charge in [0.2, 0.25) is 5.91 Å². The first-order chi connectivity index (χ1) is 13.4. The van der Waals surface area contributed by atoms with Gasteiger partial charge in [-0.25, -0.2) is 0 Å². The van der Waals surface area contributed by atoms with Gasteiger partial charge in [0, 0.05) is 12.5 Å². The Balaban J connectivity index is 1.48. The SMILES string of the molecule is CC(C)(C)c1ccc(-c2cc(NC(=O)CCCN3CCCCCC3)n[nH]2)cc1. The number of nitrogens with zero attached hydrogens (tertiary/aromatic N) is 2. The molecule has 2 aromatic rings. The lowest BCUT2D eigenvalue weighted by Crippen LogP contribution is -2.26. The minimum absolute atomic E-state index is 0.0379. The fourth-order valence-electron chi connectivity index (χ4n) is 3.71. The molecule has 0 aliphatic carbocycles. The molecule has 0 radical (unpaired) electrons. The number of nitrogens with one attached hydrogen (secondary N) is 2. The Bertz CT molecular complexity index is 750. The van der Waals surface area contributed by atoms with Gasteiger partial charge in [0.1, 0.15) is 0 Å². The van der Waals surface area contributed by atoms with E-state index in [0.717, 1.165) is 24.2 Å². The molecule has 5 heteroatoms. The second-order valence-corrected chi connectivity index (χ2v) is 8.90. The summed E-state index contributed by atoms with van der Waals surface area (Å²) in [5.74, 6) is 0.630. The summed E-state index contributed by atoms with van der Waals surface area (Å²) in [6, 6.07) is 10.4. The monoisotopic (exact) mass is 382 g/mol. The van der Waals surface area contributed by atoms with E-state index in [1.165, 1.54) is 44.3 Å². The lowest BCUT2D eigenvalue weighted by molar-refractivity contribution is -0.116. The Morgan fingerprint density at radius 1 is 1.11 bits per heavy atom. The van der Waals surface area contributed by atoms with Gasteiger partial charge in [-0.2, -0.15) is 5.10 Å². The second-order valence-electron chi connectivity index (χ2n) is 8.90. The van der Waals surface area contributed by atoms with Gasteiger partial charge in [-0.3, -0.25) is 9.89 Å². The molecule has 3 rings (SSSR count). The lowest BCUT2D eigenvalue weighted by Gasteiger charge is -2.19. The smallest absolute Gasteiger partial charge is 0.225 e. The average Bonchev–Trinajstić information content (AvgIpc) is 2.96. The van der Waals surface area contributed by atoms with E-state index in [0.29, 0.717) is 12.2 Å². The highest BCUT2D eigenvalue weighted by molar-refractivity contribution is 5.90. The number of rotatable bonds is 6. The molecule has 2 heterocycles. The minimum Gasteiger partial charge on any atom is -0.309 e. The zero-order valence-electron chi connectivity index (χ0n) is 17.6. The van der Waals surface area contributed by atoms with E-state index in [4.69, 9.17) is 0 Å². The van der Waals surface area contributed by atoms with Crippen LogP contribution in [0.25, 0.3) is 11.3 Å². The molecule has 1 saturated heterocycles. The van der Waals surface area contributed by atoms with Crippen molar-refractivity contribution in [3.63, 3.8) is 0 Å². The number of aromatic nitrogens is 2. The van der Waals surface area contributed by atoms with Gasteiger partial charge in [0.05, 0.1) is 5.69 Å². The molecular formula is C23H34N4O. The van der Waals surface area contributed by atoms with Crippen LogP contribution >= 0.6 is 0 Å². The van der Waals surface area contributed by atoms with Crippen LogP contribution in [0.3, 0.4) is 0 Å². The maximum Gasteiger partial charge on any atom is 0.225 e. The van der Waals surface area contributed by atoms with Crippen molar-refractivity contribution in [1.29, 1.82) is 0 Å². The number of hydrogen-bond donors (Lipinski definition) is 2.